The van der Waals surface area contributed by atoms with E-state index in [0.29, 0.717) is 49.6 Å². The fraction of sp³-hybridized carbons (Fsp3) is 0.391. The van der Waals surface area contributed by atoms with Crippen molar-refractivity contribution in [2.24, 2.45) is 0 Å². The molecule has 2 fully saturated rings. The molecule has 2 saturated heterocycles. The summed E-state index contributed by atoms with van der Waals surface area (Å²) in [7, 11) is 0. The molecule has 1 aromatic carbocycles. The quantitative estimate of drug-likeness (QED) is 0.493. The summed E-state index contributed by atoms with van der Waals surface area (Å²) in [4.78, 5) is 43.3. The number of nitrogens with zero attached hydrogens (tertiary/aromatic N) is 2. The molecular weight excluding hydrogens is 444 g/mol. The SMILES string of the molecule is O=C(CCC1CNC(=O)C2CC(NC(=O)Nc3cccc(Cl)c3)CN12)NCc1cccnc1. The Balaban J connectivity index is 1.26. The predicted molar refractivity (Wildman–Crippen MR) is 125 cm³/mol. The Morgan fingerprint density at radius 1 is 1.24 bits per heavy atom. The summed E-state index contributed by atoms with van der Waals surface area (Å²) in [6, 6.07) is 9.89. The number of rotatable bonds is 7. The first-order valence-corrected chi connectivity index (χ1v) is 11.4. The maximum atomic E-state index is 12.4. The van der Waals surface area contributed by atoms with Crippen molar-refractivity contribution >= 4 is 35.1 Å². The van der Waals surface area contributed by atoms with E-state index < -0.39 is 0 Å². The van der Waals surface area contributed by atoms with Gasteiger partial charge in [0.2, 0.25) is 11.8 Å². The van der Waals surface area contributed by atoms with Crippen molar-refractivity contribution in [2.75, 3.05) is 18.4 Å². The van der Waals surface area contributed by atoms with Crippen LogP contribution in [-0.4, -0.2) is 58.9 Å². The van der Waals surface area contributed by atoms with Crippen LogP contribution in [0.15, 0.2) is 48.8 Å². The van der Waals surface area contributed by atoms with E-state index in [2.05, 4.69) is 31.2 Å². The number of aromatic nitrogens is 1. The third kappa shape index (κ3) is 6.21. The lowest BCUT2D eigenvalue weighted by atomic mass is 10.0. The van der Waals surface area contributed by atoms with Crippen molar-refractivity contribution in [3.8, 4) is 0 Å². The van der Waals surface area contributed by atoms with Gasteiger partial charge in [-0.3, -0.25) is 19.5 Å². The van der Waals surface area contributed by atoms with E-state index in [1.54, 1.807) is 36.7 Å². The molecule has 10 heteroatoms. The first-order valence-electron chi connectivity index (χ1n) is 11.0. The van der Waals surface area contributed by atoms with Crippen molar-refractivity contribution in [2.45, 2.75) is 43.9 Å². The van der Waals surface area contributed by atoms with Crippen molar-refractivity contribution in [1.82, 2.24) is 25.8 Å². The first kappa shape index (κ1) is 23.0. The minimum absolute atomic E-state index is 0.0353. The Morgan fingerprint density at radius 2 is 2.12 bits per heavy atom. The van der Waals surface area contributed by atoms with Crippen LogP contribution in [0.3, 0.4) is 0 Å². The van der Waals surface area contributed by atoms with Gasteiger partial charge in [-0.2, -0.15) is 0 Å². The summed E-state index contributed by atoms with van der Waals surface area (Å²) >= 11 is 5.96. The highest BCUT2D eigenvalue weighted by atomic mass is 35.5. The lowest BCUT2D eigenvalue weighted by molar-refractivity contribution is -0.129. The first-order chi connectivity index (χ1) is 16.0. The number of benzene rings is 1. The van der Waals surface area contributed by atoms with E-state index in [9.17, 15) is 14.4 Å². The summed E-state index contributed by atoms with van der Waals surface area (Å²) in [6.45, 7) is 1.49. The monoisotopic (exact) mass is 470 g/mol. The van der Waals surface area contributed by atoms with Crippen LogP contribution >= 0.6 is 11.6 Å². The average molecular weight is 471 g/mol. The molecule has 9 nitrogen and oxygen atoms in total. The smallest absolute Gasteiger partial charge is 0.319 e. The second kappa shape index (κ2) is 10.6. The summed E-state index contributed by atoms with van der Waals surface area (Å²) in [5, 5.41) is 12.1. The Bertz CT molecular complexity index is 1000. The number of pyridine rings is 1. The van der Waals surface area contributed by atoms with E-state index in [-0.39, 0.29) is 36.0 Å². The van der Waals surface area contributed by atoms with Gasteiger partial charge in [0.1, 0.15) is 0 Å². The molecule has 2 aromatic rings. The number of fused-ring (bicyclic) bond motifs is 1. The lowest BCUT2D eigenvalue weighted by Gasteiger charge is -2.37. The fourth-order valence-corrected chi connectivity index (χ4v) is 4.55. The van der Waals surface area contributed by atoms with E-state index >= 15 is 0 Å². The normalized spacial score (nSPS) is 22.2. The molecule has 0 bridgehead atoms. The summed E-state index contributed by atoms with van der Waals surface area (Å²) in [6.07, 6.45) is 4.92. The zero-order valence-electron chi connectivity index (χ0n) is 18.1. The molecule has 4 amide bonds. The standard InChI is InChI=1S/C23H27ClN6O3/c24-16-4-1-5-17(9-16)28-23(33)29-18-10-20-22(32)27-13-19(30(20)14-18)6-7-21(31)26-12-15-3-2-8-25-11-15/h1-5,8-9,11,18-20H,6-7,10,12-14H2,(H,26,31)(H,27,32)(H2,28,29,33). The molecule has 0 radical (unpaired) electrons. The van der Waals surface area contributed by atoms with Gasteiger partial charge in [0.15, 0.2) is 0 Å². The molecule has 1 aromatic heterocycles. The van der Waals surface area contributed by atoms with Crippen LogP contribution in [0.25, 0.3) is 0 Å². The van der Waals surface area contributed by atoms with E-state index in [1.165, 1.54) is 0 Å². The molecule has 2 aliphatic rings. The minimum atomic E-state index is -0.339. The molecule has 33 heavy (non-hydrogen) atoms. The van der Waals surface area contributed by atoms with Gasteiger partial charge in [0, 0.05) is 61.2 Å². The van der Waals surface area contributed by atoms with Gasteiger partial charge in [-0.15, -0.1) is 0 Å². The van der Waals surface area contributed by atoms with Crippen LogP contribution < -0.4 is 21.3 Å². The van der Waals surface area contributed by atoms with Crippen molar-refractivity contribution < 1.29 is 14.4 Å². The van der Waals surface area contributed by atoms with Crippen LogP contribution in [-0.2, 0) is 16.1 Å². The Hall–Kier alpha value is -3.17. The van der Waals surface area contributed by atoms with Gasteiger partial charge < -0.3 is 21.3 Å². The molecule has 0 saturated carbocycles. The summed E-state index contributed by atoms with van der Waals surface area (Å²) < 4.78 is 0. The lowest BCUT2D eigenvalue weighted by Crippen LogP contribution is -2.58. The number of carbonyl (C=O) groups excluding carboxylic acids is 3. The van der Waals surface area contributed by atoms with Gasteiger partial charge in [0.05, 0.1) is 6.04 Å². The van der Waals surface area contributed by atoms with Gasteiger partial charge in [-0.1, -0.05) is 23.7 Å². The number of nitrogens with one attached hydrogen (secondary N) is 4. The molecule has 4 rings (SSSR count). The van der Waals surface area contributed by atoms with Crippen LogP contribution in [0.4, 0.5) is 10.5 Å². The third-order valence-corrected chi connectivity index (χ3v) is 6.19. The second-order valence-electron chi connectivity index (χ2n) is 8.33. The molecule has 2 aliphatic heterocycles. The van der Waals surface area contributed by atoms with Gasteiger partial charge in [-0.25, -0.2) is 4.79 Å². The zero-order valence-corrected chi connectivity index (χ0v) is 18.8. The average Bonchev–Trinajstić information content (AvgIpc) is 3.22. The Morgan fingerprint density at radius 3 is 2.91 bits per heavy atom. The van der Waals surface area contributed by atoms with Crippen LogP contribution in [0.1, 0.15) is 24.8 Å². The molecule has 4 N–H and O–H groups in total. The Labute approximate surface area is 197 Å². The van der Waals surface area contributed by atoms with Crippen molar-refractivity contribution in [1.29, 1.82) is 0 Å². The van der Waals surface area contributed by atoms with E-state index in [0.717, 1.165) is 5.56 Å². The molecule has 0 spiro atoms. The topological polar surface area (TPSA) is 115 Å². The second-order valence-corrected chi connectivity index (χ2v) is 8.77. The highest BCUT2D eigenvalue weighted by Crippen LogP contribution is 2.26. The summed E-state index contributed by atoms with van der Waals surface area (Å²) in [5.41, 5.74) is 1.55. The number of piperazine rings is 1. The van der Waals surface area contributed by atoms with Crippen molar-refractivity contribution in [3.63, 3.8) is 0 Å². The van der Waals surface area contributed by atoms with E-state index in [1.807, 2.05) is 12.1 Å². The zero-order chi connectivity index (χ0) is 23.2. The van der Waals surface area contributed by atoms with Crippen LogP contribution in [0.5, 0.6) is 0 Å². The third-order valence-electron chi connectivity index (χ3n) is 5.96. The minimum Gasteiger partial charge on any atom is -0.353 e. The van der Waals surface area contributed by atoms with Crippen molar-refractivity contribution in [3.05, 3.63) is 59.4 Å². The highest BCUT2D eigenvalue weighted by molar-refractivity contribution is 6.30. The number of anilines is 1. The Kier molecular flexibility index (Phi) is 7.41. The number of halogens is 1. The largest absolute Gasteiger partial charge is 0.353 e. The number of hydrogen-bond donors (Lipinski definition) is 4. The number of hydrogen-bond acceptors (Lipinski definition) is 5. The van der Waals surface area contributed by atoms with Crippen LogP contribution in [0, 0.1) is 0 Å². The molecule has 174 valence electrons. The number of carbonyl (C=O) groups is 3. The molecular formula is C23H27ClN6O3. The molecule has 3 heterocycles. The fourth-order valence-electron chi connectivity index (χ4n) is 4.36. The molecule has 3 atom stereocenters. The van der Waals surface area contributed by atoms with Gasteiger partial charge in [0.25, 0.3) is 0 Å². The maximum absolute atomic E-state index is 12.4. The highest BCUT2D eigenvalue weighted by Gasteiger charge is 2.43. The molecule has 3 unspecified atom stereocenters. The van der Waals surface area contributed by atoms with Gasteiger partial charge >= 0.3 is 6.03 Å². The summed E-state index contributed by atoms with van der Waals surface area (Å²) in [5.74, 6) is -0.0751. The number of urea groups is 1. The van der Waals surface area contributed by atoms with Gasteiger partial charge in [-0.05, 0) is 42.7 Å². The maximum Gasteiger partial charge on any atom is 0.319 e. The van der Waals surface area contributed by atoms with E-state index in [4.69, 9.17) is 11.6 Å². The number of amides is 4. The van der Waals surface area contributed by atoms with Crippen LogP contribution in [0.2, 0.25) is 5.02 Å². The predicted octanol–water partition coefficient (Wildman–Crippen LogP) is 1.89. The molecule has 0 aliphatic carbocycles.